The number of rotatable bonds is 5. The van der Waals surface area contributed by atoms with Gasteiger partial charge in [-0.05, 0) is 39.7 Å². The largest absolute Gasteiger partial charge is 0.368 e. The van der Waals surface area contributed by atoms with E-state index in [0.717, 1.165) is 31.1 Å². The molecule has 1 aliphatic heterocycles. The van der Waals surface area contributed by atoms with Crippen LogP contribution in [0.15, 0.2) is 12.4 Å². The molecule has 1 unspecified atom stereocenters. The van der Waals surface area contributed by atoms with Crippen LogP contribution in [0.2, 0.25) is 0 Å². The summed E-state index contributed by atoms with van der Waals surface area (Å²) in [6.07, 6.45) is 5.12. The van der Waals surface area contributed by atoms with Crippen molar-refractivity contribution >= 4 is 11.6 Å². The fraction of sp³-hybridized carbons (Fsp3) is 0.692. The fourth-order valence-corrected chi connectivity index (χ4v) is 2.51. The van der Waals surface area contributed by atoms with Gasteiger partial charge in [0.15, 0.2) is 0 Å². The third-order valence-corrected chi connectivity index (χ3v) is 3.26. The monoisotopic (exact) mass is 249 g/mol. The molecule has 0 radical (unpaired) electrons. The number of anilines is 2. The summed E-state index contributed by atoms with van der Waals surface area (Å²) in [6, 6.07) is 2.96. The highest BCUT2D eigenvalue weighted by atomic mass is 15.2. The molecule has 0 spiro atoms. The molecule has 5 heteroatoms. The smallest absolute Gasteiger partial charge is 0.134 e. The quantitative estimate of drug-likeness (QED) is 0.830. The molecule has 0 aromatic carbocycles. The number of nitrogens with one attached hydrogen (secondary N) is 1. The van der Waals surface area contributed by atoms with E-state index in [1.807, 2.05) is 6.07 Å². The molecule has 0 amide bonds. The molecule has 18 heavy (non-hydrogen) atoms. The number of nitrogens with zero attached hydrogens (tertiary/aromatic N) is 3. The van der Waals surface area contributed by atoms with E-state index in [2.05, 4.69) is 34.0 Å². The average molecular weight is 249 g/mol. The van der Waals surface area contributed by atoms with Crippen LogP contribution in [-0.2, 0) is 0 Å². The zero-order valence-corrected chi connectivity index (χ0v) is 11.3. The van der Waals surface area contributed by atoms with Crippen LogP contribution in [0.1, 0.15) is 33.1 Å². The minimum absolute atomic E-state index is 0.381. The van der Waals surface area contributed by atoms with Gasteiger partial charge in [-0.15, -0.1) is 0 Å². The van der Waals surface area contributed by atoms with Gasteiger partial charge in [0, 0.05) is 24.7 Å². The standard InChI is InChI=1S/C13H23N5/c1-10(2)17-12-8-13(16-9-15-12)18-7-3-4-11(18)5-6-14/h8-11H,3-7,14H2,1-2H3,(H,15,16,17). The van der Waals surface area contributed by atoms with Crippen LogP contribution in [0.3, 0.4) is 0 Å². The predicted molar refractivity (Wildman–Crippen MR) is 74.8 cm³/mol. The Hall–Kier alpha value is -1.36. The average Bonchev–Trinajstić information content (AvgIpc) is 2.77. The van der Waals surface area contributed by atoms with Crippen LogP contribution in [0.25, 0.3) is 0 Å². The number of aromatic nitrogens is 2. The normalized spacial score (nSPS) is 19.6. The number of nitrogens with two attached hydrogens (primary N) is 1. The minimum Gasteiger partial charge on any atom is -0.368 e. The first-order chi connectivity index (χ1) is 8.70. The molecule has 1 fully saturated rings. The van der Waals surface area contributed by atoms with E-state index >= 15 is 0 Å². The van der Waals surface area contributed by atoms with Crippen LogP contribution in [-0.4, -0.2) is 35.1 Å². The Kier molecular flexibility index (Phi) is 4.36. The number of hydrogen-bond donors (Lipinski definition) is 2. The van der Waals surface area contributed by atoms with Crippen molar-refractivity contribution in [1.29, 1.82) is 0 Å². The molecule has 1 atom stereocenters. The van der Waals surface area contributed by atoms with Crippen LogP contribution in [0.4, 0.5) is 11.6 Å². The summed E-state index contributed by atoms with van der Waals surface area (Å²) in [6.45, 7) is 6.02. The molecule has 0 saturated carbocycles. The first-order valence-corrected chi connectivity index (χ1v) is 6.76. The highest BCUT2D eigenvalue weighted by Crippen LogP contribution is 2.26. The van der Waals surface area contributed by atoms with Gasteiger partial charge in [-0.25, -0.2) is 9.97 Å². The van der Waals surface area contributed by atoms with E-state index in [9.17, 15) is 0 Å². The maximum Gasteiger partial charge on any atom is 0.134 e. The van der Waals surface area contributed by atoms with Crippen LogP contribution >= 0.6 is 0 Å². The van der Waals surface area contributed by atoms with Gasteiger partial charge in [-0.3, -0.25) is 0 Å². The van der Waals surface area contributed by atoms with Crippen LogP contribution in [0, 0.1) is 0 Å². The van der Waals surface area contributed by atoms with Crippen molar-refractivity contribution in [2.24, 2.45) is 5.73 Å². The summed E-state index contributed by atoms with van der Waals surface area (Å²) in [7, 11) is 0. The Morgan fingerprint density at radius 1 is 1.50 bits per heavy atom. The Labute approximate surface area is 109 Å². The van der Waals surface area contributed by atoms with E-state index in [1.54, 1.807) is 6.33 Å². The summed E-state index contributed by atoms with van der Waals surface area (Å²) in [5.41, 5.74) is 5.67. The van der Waals surface area contributed by atoms with Crippen molar-refractivity contribution in [2.45, 2.75) is 45.2 Å². The van der Waals surface area contributed by atoms with Crippen molar-refractivity contribution in [3.05, 3.63) is 12.4 Å². The molecular formula is C13H23N5. The second-order valence-corrected chi connectivity index (χ2v) is 5.13. The molecule has 1 aliphatic rings. The molecular weight excluding hydrogens is 226 g/mol. The van der Waals surface area contributed by atoms with Crippen molar-refractivity contribution in [3.63, 3.8) is 0 Å². The Morgan fingerprint density at radius 3 is 3.06 bits per heavy atom. The zero-order valence-electron chi connectivity index (χ0n) is 11.3. The van der Waals surface area contributed by atoms with E-state index in [1.165, 1.54) is 12.8 Å². The molecule has 100 valence electrons. The van der Waals surface area contributed by atoms with Gasteiger partial charge in [0.1, 0.15) is 18.0 Å². The summed E-state index contributed by atoms with van der Waals surface area (Å²) in [5.74, 6) is 1.91. The van der Waals surface area contributed by atoms with Gasteiger partial charge in [0.05, 0.1) is 0 Å². The van der Waals surface area contributed by atoms with Gasteiger partial charge < -0.3 is 16.0 Å². The first-order valence-electron chi connectivity index (χ1n) is 6.76. The lowest BCUT2D eigenvalue weighted by Crippen LogP contribution is -2.31. The lowest BCUT2D eigenvalue weighted by atomic mass is 10.1. The zero-order chi connectivity index (χ0) is 13.0. The lowest BCUT2D eigenvalue weighted by molar-refractivity contribution is 0.614. The third kappa shape index (κ3) is 3.10. The van der Waals surface area contributed by atoms with Gasteiger partial charge in [0.25, 0.3) is 0 Å². The van der Waals surface area contributed by atoms with E-state index in [-0.39, 0.29) is 0 Å². The number of hydrogen-bond acceptors (Lipinski definition) is 5. The molecule has 3 N–H and O–H groups in total. The van der Waals surface area contributed by atoms with Crippen LogP contribution < -0.4 is 16.0 Å². The van der Waals surface area contributed by atoms with Crippen LogP contribution in [0.5, 0.6) is 0 Å². The molecule has 1 aromatic heterocycles. The predicted octanol–water partition coefficient (Wildman–Crippen LogP) is 1.61. The lowest BCUT2D eigenvalue weighted by Gasteiger charge is -2.25. The Bertz CT molecular complexity index is 379. The highest BCUT2D eigenvalue weighted by molar-refractivity contribution is 5.50. The summed E-state index contributed by atoms with van der Waals surface area (Å²) >= 11 is 0. The molecule has 5 nitrogen and oxygen atoms in total. The van der Waals surface area contributed by atoms with Crippen molar-refractivity contribution < 1.29 is 0 Å². The topological polar surface area (TPSA) is 67.1 Å². The highest BCUT2D eigenvalue weighted by Gasteiger charge is 2.25. The molecule has 2 rings (SSSR count). The van der Waals surface area contributed by atoms with E-state index in [4.69, 9.17) is 5.73 Å². The molecule has 2 heterocycles. The summed E-state index contributed by atoms with van der Waals surface area (Å²) in [4.78, 5) is 11.0. The molecule has 1 aromatic rings. The second-order valence-electron chi connectivity index (χ2n) is 5.13. The fourth-order valence-electron chi connectivity index (χ4n) is 2.51. The van der Waals surface area contributed by atoms with E-state index < -0.39 is 0 Å². The molecule has 0 aliphatic carbocycles. The van der Waals surface area contributed by atoms with E-state index in [0.29, 0.717) is 12.1 Å². The van der Waals surface area contributed by atoms with Crippen molar-refractivity contribution in [2.75, 3.05) is 23.3 Å². The van der Waals surface area contributed by atoms with Gasteiger partial charge in [-0.1, -0.05) is 0 Å². The first kappa shape index (κ1) is 13.1. The van der Waals surface area contributed by atoms with Crippen molar-refractivity contribution in [1.82, 2.24) is 9.97 Å². The Morgan fingerprint density at radius 2 is 2.33 bits per heavy atom. The maximum absolute atomic E-state index is 5.67. The summed E-state index contributed by atoms with van der Waals surface area (Å²) < 4.78 is 0. The SMILES string of the molecule is CC(C)Nc1cc(N2CCCC2CCN)ncn1. The molecule has 1 saturated heterocycles. The van der Waals surface area contributed by atoms with Gasteiger partial charge in [-0.2, -0.15) is 0 Å². The maximum atomic E-state index is 5.67. The Balaban J connectivity index is 2.12. The van der Waals surface area contributed by atoms with Gasteiger partial charge >= 0.3 is 0 Å². The summed E-state index contributed by atoms with van der Waals surface area (Å²) in [5, 5.41) is 3.31. The third-order valence-electron chi connectivity index (χ3n) is 3.26. The minimum atomic E-state index is 0.381. The second kappa shape index (κ2) is 6.00. The van der Waals surface area contributed by atoms with Crippen molar-refractivity contribution in [3.8, 4) is 0 Å². The van der Waals surface area contributed by atoms with Gasteiger partial charge in [0.2, 0.25) is 0 Å². The molecule has 0 bridgehead atoms.